The number of anilines is 1. The standard InChI is InChI=1S/C16H15BrFN3/c1-2-7-21-15-6-4-11(17)9-14(15)20-16(21)10-3-5-13(19)12(18)8-10/h3-6,8-9H,2,7,19H2,1H3. The molecule has 0 bridgehead atoms. The van der Waals surface area contributed by atoms with E-state index in [-0.39, 0.29) is 5.69 Å². The maximum Gasteiger partial charge on any atom is 0.146 e. The summed E-state index contributed by atoms with van der Waals surface area (Å²) in [7, 11) is 0. The number of halogens is 2. The molecule has 0 amide bonds. The molecule has 0 aliphatic rings. The molecular weight excluding hydrogens is 333 g/mol. The molecular formula is C16H15BrFN3. The average Bonchev–Trinajstić information content (AvgIpc) is 2.80. The molecule has 3 rings (SSSR count). The summed E-state index contributed by atoms with van der Waals surface area (Å²) in [6, 6.07) is 10.8. The molecule has 5 heteroatoms. The van der Waals surface area contributed by atoms with E-state index in [1.807, 2.05) is 18.2 Å². The van der Waals surface area contributed by atoms with Crippen LogP contribution in [0.2, 0.25) is 0 Å². The molecule has 21 heavy (non-hydrogen) atoms. The number of rotatable bonds is 3. The lowest BCUT2D eigenvalue weighted by Crippen LogP contribution is -2.00. The Morgan fingerprint density at radius 3 is 2.76 bits per heavy atom. The van der Waals surface area contributed by atoms with Gasteiger partial charge in [-0.3, -0.25) is 0 Å². The quantitative estimate of drug-likeness (QED) is 0.703. The Kier molecular flexibility index (Phi) is 3.68. The lowest BCUT2D eigenvalue weighted by molar-refractivity contribution is 0.632. The van der Waals surface area contributed by atoms with Gasteiger partial charge in [-0.05, 0) is 42.8 Å². The van der Waals surface area contributed by atoms with E-state index < -0.39 is 5.82 Å². The fraction of sp³-hybridized carbons (Fsp3) is 0.188. The highest BCUT2D eigenvalue weighted by Gasteiger charge is 2.13. The zero-order valence-electron chi connectivity index (χ0n) is 11.6. The van der Waals surface area contributed by atoms with Crippen LogP contribution in [-0.4, -0.2) is 9.55 Å². The highest BCUT2D eigenvalue weighted by atomic mass is 79.9. The zero-order valence-corrected chi connectivity index (χ0v) is 13.2. The van der Waals surface area contributed by atoms with E-state index in [9.17, 15) is 4.39 Å². The van der Waals surface area contributed by atoms with Crippen LogP contribution in [0.4, 0.5) is 10.1 Å². The lowest BCUT2D eigenvalue weighted by Gasteiger charge is -2.08. The third kappa shape index (κ3) is 2.53. The normalized spacial score (nSPS) is 11.2. The molecule has 0 unspecified atom stereocenters. The van der Waals surface area contributed by atoms with Crippen molar-refractivity contribution in [2.75, 3.05) is 5.73 Å². The van der Waals surface area contributed by atoms with Crippen LogP contribution in [0, 0.1) is 5.82 Å². The van der Waals surface area contributed by atoms with E-state index in [2.05, 4.69) is 32.4 Å². The van der Waals surface area contributed by atoms with Crippen molar-refractivity contribution in [1.29, 1.82) is 0 Å². The zero-order chi connectivity index (χ0) is 15.0. The second kappa shape index (κ2) is 5.48. The molecule has 3 aromatic rings. The molecule has 2 aromatic carbocycles. The number of nitrogens with zero attached hydrogens (tertiary/aromatic N) is 2. The molecule has 0 spiro atoms. The van der Waals surface area contributed by atoms with Gasteiger partial charge >= 0.3 is 0 Å². The van der Waals surface area contributed by atoms with Crippen molar-refractivity contribution < 1.29 is 4.39 Å². The van der Waals surface area contributed by atoms with E-state index >= 15 is 0 Å². The predicted molar refractivity (Wildman–Crippen MR) is 87.5 cm³/mol. The van der Waals surface area contributed by atoms with E-state index in [0.717, 1.165) is 39.9 Å². The van der Waals surface area contributed by atoms with Gasteiger partial charge in [-0.25, -0.2) is 9.37 Å². The molecule has 108 valence electrons. The van der Waals surface area contributed by atoms with E-state index in [1.54, 1.807) is 12.1 Å². The monoisotopic (exact) mass is 347 g/mol. The summed E-state index contributed by atoms with van der Waals surface area (Å²) < 4.78 is 16.8. The Bertz CT molecular complexity index is 811. The first-order valence-corrected chi connectivity index (χ1v) is 7.60. The van der Waals surface area contributed by atoms with Crippen molar-refractivity contribution in [2.45, 2.75) is 19.9 Å². The largest absolute Gasteiger partial charge is 0.396 e. The molecule has 3 nitrogen and oxygen atoms in total. The van der Waals surface area contributed by atoms with Gasteiger partial charge < -0.3 is 10.3 Å². The Morgan fingerprint density at radius 2 is 2.05 bits per heavy atom. The van der Waals surface area contributed by atoms with Crippen LogP contribution in [0.15, 0.2) is 40.9 Å². The van der Waals surface area contributed by atoms with Gasteiger partial charge in [-0.1, -0.05) is 22.9 Å². The van der Waals surface area contributed by atoms with Gasteiger partial charge in [-0.15, -0.1) is 0 Å². The van der Waals surface area contributed by atoms with Gasteiger partial charge in [0.1, 0.15) is 11.6 Å². The van der Waals surface area contributed by atoms with E-state index in [4.69, 9.17) is 5.73 Å². The number of fused-ring (bicyclic) bond motifs is 1. The molecule has 0 radical (unpaired) electrons. The van der Waals surface area contributed by atoms with Crippen LogP contribution in [0.3, 0.4) is 0 Å². The van der Waals surface area contributed by atoms with Crippen molar-refractivity contribution >= 4 is 32.7 Å². The van der Waals surface area contributed by atoms with Gasteiger partial charge in [0.15, 0.2) is 0 Å². The maximum absolute atomic E-state index is 13.7. The molecule has 2 N–H and O–H groups in total. The number of hydrogen-bond acceptors (Lipinski definition) is 2. The summed E-state index contributed by atoms with van der Waals surface area (Å²) in [4.78, 5) is 4.66. The number of imidazole rings is 1. The number of hydrogen-bond donors (Lipinski definition) is 1. The van der Waals surface area contributed by atoms with Crippen molar-refractivity contribution in [3.05, 3.63) is 46.7 Å². The van der Waals surface area contributed by atoms with Gasteiger partial charge in [0.05, 0.1) is 16.7 Å². The highest BCUT2D eigenvalue weighted by molar-refractivity contribution is 9.10. The minimum atomic E-state index is -0.413. The van der Waals surface area contributed by atoms with Crippen LogP contribution in [0.1, 0.15) is 13.3 Å². The predicted octanol–water partition coefficient (Wildman–Crippen LogP) is 4.60. The highest BCUT2D eigenvalue weighted by Crippen LogP contribution is 2.28. The summed E-state index contributed by atoms with van der Waals surface area (Å²) in [6.45, 7) is 2.94. The van der Waals surface area contributed by atoms with Crippen LogP contribution < -0.4 is 5.73 Å². The van der Waals surface area contributed by atoms with Crippen LogP contribution >= 0.6 is 15.9 Å². The van der Waals surface area contributed by atoms with Gasteiger partial charge in [-0.2, -0.15) is 0 Å². The maximum atomic E-state index is 13.7. The average molecular weight is 348 g/mol. The van der Waals surface area contributed by atoms with Crippen LogP contribution in [-0.2, 0) is 6.54 Å². The molecule has 0 saturated heterocycles. The van der Waals surface area contributed by atoms with Crippen molar-refractivity contribution in [3.8, 4) is 11.4 Å². The van der Waals surface area contributed by atoms with Crippen molar-refractivity contribution in [3.63, 3.8) is 0 Å². The Labute approximate surface area is 130 Å². The minimum Gasteiger partial charge on any atom is -0.396 e. The van der Waals surface area contributed by atoms with Gasteiger partial charge in [0, 0.05) is 16.6 Å². The molecule has 0 aliphatic carbocycles. The third-order valence-electron chi connectivity index (χ3n) is 3.42. The SMILES string of the molecule is CCCn1c(-c2ccc(N)c(F)c2)nc2cc(Br)ccc21. The van der Waals surface area contributed by atoms with Gasteiger partial charge in [0.2, 0.25) is 0 Å². The van der Waals surface area contributed by atoms with E-state index in [1.165, 1.54) is 6.07 Å². The lowest BCUT2D eigenvalue weighted by atomic mass is 10.2. The first-order valence-electron chi connectivity index (χ1n) is 6.81. The fourth-order valence-electron chi connectivity index (χ4n) is 2.44. The molecule has 1 aromatic heterocycles. The summed E-state index contributed by atoms with van der Waals surface area (Å²) in [5.41, 5.74) is 8.38. The summed E-state index contributed by atoms with van der Waals surface area (Å²) in [6.07, 6.45) is 0.978. The number of aromatic nitrogens is 2. The number of aryl methyl sites for hydroxylation is 1. The Morgan fingerprint density at radius 1 is 1.24 bits per heavy atom. The van der Waals surface area contributed by atoms with Crippen LogP contribution in [0.25, 0.3) is 22.4 Å². The fourth-order valence-corrected chi connectivity index (χ4v) is 2.79. The minimum absolute atomic E-state index is 0.152. The summed E-state index contributed by atoms with van der Waals surface area (Å²) in [5.74, 6) is 0.354. The molecule has 0 fully saturated rings. The first-order chi connectivity index (χ1) is 10.1. The van der Waals surface area contributed by atoms with Crippen molar-refractivity contribution in [2.24, 2.45) is 0 Å². The van der Waals surface area contributed by atoms with E-state index in [0.29, 0.717) is 0 Å². The summed E-state index contributed by atoms with van der Waals surface area (Å²) in [5, 5.41) is 0. The molecule has 0 aliphatic heterocycles. The number of nitrogen functional groups attached to an aromatic ring is 1. The Balaban J connectivity index is 2.24. The number of nitrogens with two attached hydrogens (primary N) is 1. The summed E-state index contributed by atoms with van der Waals surface area (Å²) >= 11 is 3.46. The third-order valence-corrected chi connectivity index (χ3v) is 3.91. The second-order valence-corrected chi connectivity index (χ2v) is 5.87. The molecule has 0 atom stereocenters. The second-order valence-electron chi connectivity index (χ2n) is 4.96. The molecule has 1 heterocycles. The van der Waals surface area contributed by atoms with Gasteiger partial charge in [0.25, 0.3) is 0 Å². The topological polar surface area (TPSA) is 43.8 Å². The van der Waals surface area contributed by atoms with Crippen LogP contribution in [0.5, 0.6) is 0 Å². The molecule has 0 saturated carbocycles. The number of benzene rings is 2. The smallest absolute Gasteiger partial charge is 0.146 e. The van der Waals surface area contributed by atoms with Crippen molar-refractivity contribution in [1.82, 2.24) is 9.55 Å². The first kappa shape index (κ1) is 14.1. The Hall–Kier alpha value is -1.88.